The topological polar surface area (TPSA) is 84.9 Å². The molecule has 118 valence electrons. The molecule has 0 radical (unpaired) electrons. The molecule has 0 amide bonds. The van der Waals surface area contributed by atoms with Gasteiger partial charge in [-0.2, -0.15) is 13.1 Å². The van der Waals surface area contributed by atoms with Crippen molar-refractivity contribution >= 4 is 10.3 Å². The molecule has 0 saturated heterocycles. The van der Waals surface area contributed by atoms with Crippen LogP contribution in [0.5, 0.6) is 5.75 Å². The fourth-order valence-corrected chi connectivity index (χ4v) is 3.33. The largest absolute Gasteiger partial charge is 0.464 e. The highest BCUT2D eigenvalue weighted by Gasteiger charge is 2.42. The molecule has 0 spiro atoms. The van der Waals surface area contributed by atoms with Crippen molar-refractivity contribution in [3.05, 3.63) is 29.3 Å². The molecule has 1 aromatic rings. The van der Waals surface area contributed by atoms with Gasteiger partial charge in [0.05, 0.1) is 5.41 Å². The van der Waals surface area contributed by atoms with E-state index in [2.05, 4.69) is 4.72 Å². The van der Waals surface area contributed by atoms with E-state index in [1.54, 1.807) is 19.2 Å². The minimum absolute atomic E-state index is 0.337. The first kappa shape index (κ1) is 16.2. The maximum atomic E-state index is 11.0. The van der Waals surface area contributed by atoms with E-state index in [0.29, 0.717) is 6.42 Å². The molecule has 1 heterocycles. The molecule has 0 bridgehead atoms. The van der Waals surface area contributed by atoms with Crippen molar-refractivity contribution in [3.63, 3.8) is 0 Å². The standard InChI is InChI=1S/C14H21NO5S/c1-5-11(15-21(16,17)18)9-6-7-12-10(8-9)14(2,3)13(19-4)20-12/h6-8,11,13,15H,5H2,1-4H3,(H,16,17,18). The van der Waals surface area contributed by atoms with Gasteiger partial charge in [0, 0.05) is 18.7 Å². The number of fused-ring (bicyclic) bond motifs is 1. The van der Waals surface area contributed by atoms with Crippen molar-refractivity contribution < 1.29 is 22.4 Å². The number of hydrogen-bond acceptors (Lipinski definition) is 4. The Morgan fingerprint density at radius 3 is 2.67 bits per heavy atom. The Kier molecular flexibility index (Phi) is 4.30. The number of ether oxygens (including phenoxy) is 2. The second kappa shape index (κ2) is 5.57. The highest BCUT2D eigenvalue weighted by atomic mass is 32.2. The maximum Gasteiger partial charge on any atom is 0.333 e. The molecule has 7 heteroatoms. The van der Waals surface area contributed by atoms with E-state index in [-0.39, 0.29) is 11.7 Å². The predicted octanol–water partition coefficient (Wildman–Crippen LogP) is 2.17. The molecular weight excluding hydrogens is 294 g/mol. The zero-order valence-corrected chi connectivity index (χ0v) is 13.4. The number of hydrogen-bond donors (Lipinski definition) is 2. The van der Waals surface area contributed by atoms with Crippen LogP contribution in [0.2, 0.25) is 0 Å². The van der Waals surface area contributed by atoms with Crippen LogP contribution in [0.1, 0.15) is 44.4 Å². The summed E-state index contributed by atoms with van der Waals surface area (Å²) in [5, 5.41) is 0. The van der Waals surface area contributed by atoms with Gasteiger partial charge >= 0.3 is 10.3 Å². The van der Waals surface area contributed by atoms with Gasteiger partial charge in [-0.3, -0.25) is 4.55 Å². The van der Waals surface area contributed by atoms with Gasteiger partial charge < -0.3 is 9.47 Å². The summed E-state index contributed by atoms with van der Waals surface area (Å²) >= 11 is 0. The highest BCUT2D eigenvalue weighted by Crippen LogP contribution is 2.44. The van der Waals surface area contributed by atoms with Crippen LogP contribution in [0, 0.1) is 0 Å². The maximum absolute atomic E-state index is 11.0. The SMILES string of the molecule is CCC(NS(=O)(=O)O)c1ccc2c(c1)C(C)(C)C(OC)O2. The molecular formula is C14H21NO5S. The molecule has 2 atom stereocenters. The van der Waals surface area contributed by atoms with E-state index in [1.807, 2.05) is 26.8 Å². The zero-order chi connectivity index (χ0) is 15.8. The van der Waals surface area contributed by atoms with Gasteiger partial charge in [-0.05, 0) is 38.0 Å². The van der Waals surface area contributed by atoms with Crippen molar-refractivity contribution in [1.82, 2.24) is 4.72 Å². The van der Waals surface area contributed by atoms with Gasteiger partial charge in [0.1, 0.15) is 5.75 Å². The first-order valence-electron chi connectivity index (χ1n) is 6.77. The number of rotatable bonds is 5. The summed E-state index contributed by atoms with van der Waals surface area (Å²) in [6.07, 6.45) is 0.144. The third kappa shape index (κ3) is 3.21. The van der Waals surface area contributed by atoms with Crippen LogP contribution in [0.25, 0.3) is 0 Å². The third-order valence-corrected chi connectivity index (χ3v) is 4.42. The molecule has 0 fully saturated rings. The van der Waals surface area contributed by atoms with Crippen molar-refractivity contribution in [1.29, 1.82) is 0 Å². The Hall–Kier alpha value is -1.15. The molecule has 2 unspecified atom stereocenters. The molecule has 1 aliphatic heterocycles. The van der Waals surface area contributed by atoms with E-state index >= 15 is 0 Å². The van der Waals surface area contributed by atoms with E-state index in [0.717, 1.165) is 16.9 Å². The lowest BCUT2D eigenvalue weighted by molar-refractivity contribution is -0.0779. The smallest absolute Gasteiger partial charge is 0.333 e. The Bertz CT molecular complexity index is 626. The summed E-state index contributed by atoms with van der Waals surface area (Å²) in [5.41, 5.74) is 1.40. The first-order valence-corrected chi connectivity index (χ1v) is 8.21. The van der Waals surface area contributed by atoms with Crippen molar-refractivity contribution in [2.45, 2.75) is 44.9 Å². The molecule has 0 aliphatic carbocycles. The molecule has 1 aromatic carbocycles. The lowest BCUT2D eigenvalue weighted by Gasteiger charge is -2.24. The second-order valence-corrected chi connectivity index (χ2v) is 6.90. The van der Waals surface area contributed by atoms with E-state index in [4.69, 9.17) is 14.0 Å². The van der Waals surface area contributed by atoms with Crippen molar-refractivity contribution in [3.8, 4) is 5.75 Å². The fourth-order valence-electron chi connectivity index (χ4n) is 2.67. The monoisotopic (exact) mass is 315 g/mol. The zero-order valence-electron chi connectivity index (χ0n) is 12.6. The van der Waals surface area contributed by atoms with Gasteiger partial charge in [-0.15, -0.1) is 0 Å². The quantitative estimate of drug-likeness (QED) is 0.814. The Labute approximate surface area is 125 Å². The van der Waals surface area contributed by atoms with Crippen LogP contribution in [0.3, 0.4) is 0 Å². The molecule has 6 nitrogen and oxygen atoms in total. The molecule has 2 N–H and O–H groups in total. The third-order valence-electron chi connectivity index (χ3n) is 3.84. The van der Waals surface area contributed by atoms with E-state index < -0.39 is 16.3 Å². The van der Waals surface area contributed by atoms with Gasteiger partial charge in [-0.1, -0.05) is 13.0 Å². The summed E-state index contributed by atoms with van der Waals surface area (Å²) in [5.74, 6) is 0.734. The number of methoxy groups -OCH3 is 1. The minimum Gasteiger partial charge on any atom is -0.464 e. The molecule has 0 saturated carbocycles. The number of nitrogens with one attached hydrogen (secondary N) is 1. The van der Waals surface area contributed by atoms with Crippen molar-refractivity contribution in [2.75, 3.05) is 7.11 Å². The van der Waals surface area contributed by atoms with E-state index in [9.17, 15) is 8.42 Å². The molecule has 0 aromatic heterocycles. The highest BCUT2D eigenvalue weighted by molar-refractivity contribution is 7.83. The summed E-state index contributed by atoms with van der Waals surface area (Å²) in [6.45, 7) is 5.86. The summed E-state index contributed by atoms with van der Waals surface area (Å²) in [4.78, 5) is 0. The molecule has 2 rings (SSSR count). The van der Waals surface area contributed by atoms with Crippen LogP contribution in [-0.4, -0.2) is 26.4 Å². The van der Waals surface area contributed by atoms with Crippen LogP contribution >= 0.6 is 0 Å². The Morgan fingerprint density at radius 2 is 2.14 bits per heavy atom. The van der Waals surface area contributed by atoms with E-state index in [1.165, 1.54) is 0 Å². The van der Waals surface area contributed by atoms with Gasteiger partial charge in [0.25, 0.3) is 0 Å². The average Bonchev–Trinajstić information content (AvgIpc) is 2.66. The van der Waals surface area contributed by atoms with Gasteiger partial charge in [-0.25, -0.2) is 0 Å². The molecule has 1 aliphatic rings. The predicted molar refractivity (Wildman–Crippen MR) is 78.6 cm³/mol. The lowest BCUT2D eigenvalue weighted by atomic mass is 9.84. The van der Waals surface area contributed by atoms with Crippen molar-refractivity contribution in [2.24, 2.45) is 0 Å². The normalized spacial score (nSPS) is 21.7. The van der Waals surface area contributed by atoms with Crippen LogP contribution < -0.4 is 9.46 Å². The minimum atomic E-state index is -4.25. The fraction of sp³-hybridized carbons (Fsp3) is 0.571. The van der Waals surface area contributed by atoms with Gasteiger partial charge in [0.15, 0.2) is 0 Å². The van der Waals surface area contributed by atoms with Gasteiger partial charge in [0.2, 0.25) is 6.29 Å². The Balaban J connectivity index is 2.38. The summed E-state index contributed by atoms with van der Waals surface area (Å²) < 4.78 is 44.3. The van der Waals surface area contributed by atoms with Crippen LogP contribution in [0.15, 0.2) is 18.2 Å². The lowest BCUT2D eigenvalue weighted by Crippen LogP contribution is -2.33. The summed E-state index contributed by atoms with van der Waals surface area (Å²) in [6, 6.07) is 5.02. The average molecular weight is 315 g/mol. The van der Waals surface area contributed by atoms with Crippen LogP contribution in [0.4, 0.5) is 0 Å². The van der Waals surface area contributed by atoms with Crippen LogP contribution in [-0.2, 0) is 20.5 Å². The Morgan fingerprint density at radius 1 is 1.48 bits per heavy atom. The second-order valence-electron chi connectivity index (χ2n) is 5.72. The molecule has 21 heavy (non-hydrogen) atoms. The summed E-state index contributed by atoms with van der Waals surface area (Å²) in [7, 11) is -2.66. The number of benzene rings is 1. The first-order chi connectivity index (χ1) is 9.69.